The zero-order valence-corrected chi connectivity index (χ0v) is 10.4. The third kappa shape index (κ3) is 3.49. The van der Waals surface area contributed by atoms with Crippen molar-refractivity contribution in [3.8, 4) is 0 Å². The van der Waals surface area contributed by atoms with Crippen molar-refractivity contribution < 1.29 is 14.6 Å². The minimum absolute atomic E-state index is 0.122. The maximum Gasteiger partial charge on any atom is 0.253 e. The van der Waals surface area contributed by atoms with Gasteiger partial charge in [-0.05, 0) is 13.3 Å². The second kappa shape index (κ2) is 6.30. The zero-order valence-electron chi connectivity index (χ0n) is 10.4. The number of morpholine rings is 1. The number of carbonyl (C=O) groups excluding carboxylic acids is 1. The number of aliphatic hydroxyl groups is 1. The van der Waals surface area contributed by atoms with E-state index in [1.54, 1.807) is 17.9 Å². The summed E-state index contributed by atoms with van der Waals surface area (Å²) < 4.78 is 5.17. The quantitative estimate of drug-likeness (QED) is 0.437. The predicted molar refractivity (Wildman–Crippen MR) is 65.3 cm³/mol. The number of hydrogen-bond acceptors (Lipinski definition) is 4. The largest absolute Gasteiger partial charge is 0.505 e. The molecule has 5 nitrogen and oxygen atoms in total. The zero-order chi connectivity index (χ0) is 12.8. The highest BCUT2D eigenvalue weighted by Gasteiger charge is 2.21. The van der Waals surface area contributed by atoms with Crippen LogP contribution in [0.3, 0.4) is 0 Å². The van der Waals surface area contributed by atoms with Crippen LogP contribution in [0.4, 0.5) is 0 Å². The Morgan fingerprint density at radius 1 is 1.47 bits per heavy atom. The third-order valence-corrected chi connectivity index (χ3v) is 2.67. The lowest BCUT2D eigenvalue weighted by atomic mass is 10.1. The van der Waals surface area contributed by atoms with Gasteiger partial charge >= 0.3 is 0 Å². The molecule has 3 N–H and O–H groups in total. The van der Waals surface area contributed by atoms with E-state index < -0.39 is 0 Å². The Morgan fingerprint density at radius 2 is 2.06 bits per heavy atom. The Labute approximate surface area is 102 Å². The molecule has 1 saturated heterocycles. The second-order valence-corrected chi connectivity index (χ2v) is 3.95. The normalized spacial score (nSPS) is 18.9. The number of carbonyl (C=O) groups is 1. The minimum Gasteiger partial charge on any atom is -0.505 e. The van der Waals surface area contributed by atoms with E-state index in [1.807, 2.05) is 6.92 Å². The average molecular weight is 240 g/mol. The van der Waals surface area contributed by atoms with E-state index in [2.05, 4.69) is 0 Å². The Bertz CT molecular complexity index is 342. The first-order chi connectivity index (χ1) is 8.07. The SMILES string of the molecule is CC/C=C(N)\C(O)=C(/C)C(=O)N1CCOCC1. The monoisotopic (exact) mass is 240 g/mol. The van der Waals surface area contributed by atoms with Gasteiger partial charge in [0, 0.05) is 13.1 Å². The molecule has 1 heterocycles. The summed E-state index contributed by atoms with van der Waals surface area (Å²) in [6.07, 6.45) is 2.40. The first-order valence-electron chi connectivity index (χ1n) is 5.80. The van der Waals surface area contributed by atoms with Gasteiger partial charge in [0.25, 0.3) is 5.91 Å². The molecule has 0 radical (unpaired) electrons. The maximum absolute atomic E-state index is 12.0. The molecule has 0 aliphatic carbocycles. The first-order valence-corrected chi connectivity index (χ1v) is 5.80. The highest BCUT2D eigenvalue weighted by molar-refractivity contribution is 5.94. The summed E-state index contributed by atoms with van der Waals surface area (Å²) >= 11 is 0. The van der Waals surface area contributed by atoms with Gasteiger partial charge in [0.05, 0.1) is 24.5 Å². The van der Waals surface area contributed by atoms with Crippen LogP contribution < -0.4 is 5.73 Å². The average Bonchev–Trinajstić information content (AvgIpc) is 2.37. The molecule has 0 saturated carbocycles. The van der Waals surface area contributed by atoms with E-state index in [1.165, 1.54) is 0 Å². The summed E-state index contributed by atoms with van der Waals surface area (Å²) in [5, 5.41) is 9.83. The van der Waals surface area contributed by atoms with E-state index in [4.69, 9.17) is 10.5 Å². The van der Waals surface area contributed by atoms with Crippen molar-refractivity contribution in [1.82, 2.24) is 4.90 Å². The van der Waals surface area contributed by atoms with E-state index in [9.17, 15) is 9.90 Å². The molecule has 17 heavy (non-hydrogen) atoms. The van der Waals surface area contributed by atoms with Crippen LogP contribution in [0.5, 0.6) is 0 Å². The summed E-state index contributed by atoms with van der Waals surface area (Å²) in [6.45, 7) is 5.70. The molecular weight excluding hydrogens is 220 g/mol. The van der Waals surface area contributed by atoms with Crippen LogP contribution in [-0.4, -0.2) is 42.2 Å². The van der Waals surface area contributed by atoms with Gasteiger partial charge in [-0.3, -0.25) is 4.79 Å². The Hall–Kier alpha value is -1.49. The summed E-state index contributed by atoms with van der Waals surface area (Å²) in [4.78, 5) is 13.7. The smallest absolute Gasteiger partial charge is 0.253 e. The molecule has 0 atom stereocenters. The standard InChI is InChI=1S/C12H20N2O3/c1-3-4-10(13)11(15)9(2)12(16)14-5-7-17-8-6-14/h4,15H,3,5-8,13H2,1-2H3/b10-4+,11-9-. The van der Waals surface area contributed by atoms with E-state index >= 15 is 0 Å². The molecule has 0 aromatic carbocycles. The number of hydrogen-bond donors (Lipinski definition) is 2. The first kappa shape index (κ1) is 13.6. The number of amides is 1. The van der Waals surface area contributed by atoms with Crippen LogP contribution in [0.25, 0.3) is 0 Å². The fourth-order valence-corrected chi connectivity index (χ4v) is 1.64. The van der Waals surface area contributed by atoms with Crippen molar-refractivity contribution in [2.45, 2.75) is 20.3 Å². The summed E-state index contributed by atoms with van der Waals surface area (Å²) in [5.74, 6) is -0.304. The van der Waals surface area contributed by atoms with E-state index in [-0.39, 0.29) is 22.9 Å². The van der Waals surface area contributed by atoms with Crippen LogP contribution in [0.1, 0.15) is 20.3 Å². The number of aliphatic hydroxyl groups excluding tert-OH is 1. The lowest BCUT2D eigenvalue weighted by molar-refractivity contribution is -0.131. The highest BCUT2D eigenvalue weighted by atomic mass is 16.5. The molecule has 1 amide bonds. The van der Waals surface area contributed by atoms with Gasteiger partial charge in [-0.25, -0.2) is 0 Å². The molecule has 1 aliphatic rings. The molecule has 0 spiro atoms. The van der Waals surface area contributed by atoms with Gasteiger partial charge in [-0.2, -0.15) is 0 Å². The topological polar surface area (TPSA) is 75.8 Å². The van der Waals surface area contributed by atoms with Gasteiger partial charge in [-0.15, -0.1) is 0 Å². The van der Waals surface area contributed by atoms with E-state index in [0.29, 0.717) is 26.3 Å². The molecule has 1 aliphatic heterocycles. The third-order valence-electron chi connectivity index (χ3n) is 2.67. The van der Waals surface area contributed by atoms with Gasteiger partial charge < -0.3 is 20.5 Å². The maximum atomic E-state index is 12.0. The van der Waals surface area contributed by atoms with Crippen molar-refractivity contribution in [3.05, 3.63) is 23.1 Å². The van der Waals surface area contributed by atoms with Crippen LogP contribution >= 0.6 is 0 Å². The molecule has 0 bridgehead atoms. The number of allylic oxidation sites excluding steroid dienone is 1. The lowest BCUT2D eigenvalue weighted by Gasteiger charge is -2.27. The fraction of sp³-hybridized carbons (Fsp3) is 0.583. The van der Waals surface area contributed by atoms with Gasteiger partial charge in [0.2, 0.25) is 0 Å². The molecule has 1 fully saturated rings. The lowest BCUT2D eigenvalue weighted by Crippen LogP contribution is -2.41. The predicted octanol–water partition coefficient (Wildman–Crippen LogP) is 0.930. The van der Waals surface area contributed by atoms with Crippen LogP contribution in [-0.2, 0) is 9.53 Å². The number of nitrogens with two attached hydrogens (primary N) is 1. The van der Waals surface area contributed by atoms with Gasteiger partial charge in [-0.1, -0.05) is 13.0 Å². The molecule has 1 rings (SSSR count). The van der Waals surface area contributed by atoms with E-state index in [0.717, 1.165) is 6.42 Å². The van der Waals surface area contributed by atoms with Crippen molar-refractivity contribution >= 4 is 5.91 Å². The second-order valence-electron chi connectivity index (χ2n) is 3.95. The van der Waals surface area contributed by atoms with Crippen LogP contribution in [0.15, 0.2) is 23.1 Å². The Morgan fingerprint density at radius 3 is 2.59 bits per heavy atom. The van der Waals surface area contributed by atoms with Crippen molar-refractivity contribution in [3.63, 3.8) is 0 Å². The van der Waals surface area contributed by atoms with Crippen molar-refractivity contribution in [2.75, 3.05) is 26.3 Å². The van der Waals surface area contributed by atoms with Crippen molar-refractivity contribution in [1.29, 1.82) is 0 Å². The molecule has 0 unspecified atom stereocenters. The molecule has 0 aromatic heterocycles. The number of ether oxygens (including phenoxy) is 1. The van der Waals surface area contributed by atoms with Gasteiger partial charge in [0.1, 0.15) is 5.76 Å². The fourth-order valence-electron chi connectivity index (χ4n) is 1.64. The van der Waals surface area contributed by atoms with Crippen LogP contribution in [0.2, 0.25) is 0 Å². The summed E-state index contributed by atoms with van der Waals surface area (Å²) in [6, 6.07) is 0. The minimum atomic E-state index is -0.182. The highest BCUT2D eigenvalue weighted by Crippen LogP contribution is 2.12. The molecule has 5 heteroatoms. The molecule has 96 valence electrons. The van der Waals surface area contributed by atoms with Gasteiger partial charge in [0.15, 0.2) is 0 Å². The summed E-state index contributed by atoms with van der Waals surface area (Å²) in [7, 11) is 0. The van der Waals surface area contributed by atoms with Crippen LogP contribution in [0, 0.1) is 0 Å². The Balaban J connectivity index is 2.79. The number of nitrogens with zero attached hydrogens (tertiary/aromatic N) is 1. The Kier molecular flexibility index (Phi) is 5.03. The van der Waals surface area contributed by atoms with Crippen molar-refractivity contribution in [2.24, 2.45) is 5.73 Å². The molecular formula is C12H20N2O3. The molecule has 0 aromatic rings. The summed E-state index contributed by atoms with van der Waals surface area (Å²) in [5.41, 5.74) is 6.20. The number of rotatable bonds is 3.